The second kappa shape index (κ2) is 5.75. The number of likely N-dealkylation sites (tertiary alicyclic amines) is 3. The third kappa shape index (κ3) is 3.09. The van der Waals surface area contributed by atoms with Crippen molar-refractivity contribution in [2.75, 3.05) is 59.4 Å². The molecule has 0 radical (unpaired) electrons. The first-order valence-corrected chi connectivity index (χ1v) is 9.74. The van der Waals surface area contributed by atoms with Crippen molar-refractivity contribution < 1.29 is 0 Å². The predicted molar refractivity (Wildman–Crippen MR) is 92.1 cm³/mol. The van der Waals surface area contributed by atoms with Crippen LogP contribution in [0.15, 0.2) is 0 Å². The van der Waals surface area contributed by atoms with Crippen LogP contribution >= 0.6 is 0 Å². The summed E-state index contributed by atoms with van der Waals surface area (Å²) in [5, 5.41) is 0. The van der Waals surface area contributed by atoms with Gasteiger partial charge in [0.25, 0.3) is 0 Å². The van der Waals surface area contributed by atoms with E-state index in [1.54, 1.807) is 0 Å². The van der Waals surface area contributed by atoms with Crippen LogP contribution in [0.5, 0.6) is 0 Å². The number of nitrogens with zero attached hydrogens (tertiary/aromatic N) is 3. The van der Waals surface area contributed by atoms with Crippen LogP contribution in [-0.4, -0.2) is 74.1 Å². The maximum Gasteiger partial charge on any atom is 0.00516 e. The van der Waals surface area contributed by atoms with Crippen LogP contribution in [0.2, 0.25) is 0 Å². The first kappa shape index (κ1) is 15.4. The summed E-state index contributed by atoms with van der Waals surface area (Å²) in [6, 6.07) is 0. The summed E-state index contributed by atoms with van der Waals surface area (Å²) in [7, 11) is 2.28. The molecule has 22 heavy (non-hydrogen) atoms. The molecule has 0 bridgehead atoms. The maximum absolute atomic E-state index is 2.76. The van der Waals surface area contributed by atoms with Crippen LogP contribution in [0, 0.1) is 16.7 Å². The van der Waals surface area contributed by atoms with Crippen molar-refractivity contribution in [3.8, 4) is 0 Å². The molecule has 1 saturated carbocycles. The van der Waals surface area contributed by atoms with Crippen LogP contribution in [-0.2, 0) is 0 Å². The Hall–Kier alpha value is -0.120. The monoisotopic (exact) mass is 305 g/mol. The van der Waals surface area contributed by atoms with Crippen molar-refractivity contribution in [2.45, 2.75) is 45.4 Å². The predicted octanol–water partition coefficient (Wildman–Crippen LogP) is 2.53. The van der Waals surface area contributed by atoms with Gasteiger partial charge in [-0.25, -0.2) is 0 Å². The van der Waals surface area contributed by atoms with E-state index in [-0.39, 0.29) is 0 Å². The minimum Gasteiger partial charge on any atom is -0.306 e. The average molecular weight is 306 g/mol. The van der Waals surface area contributed by atoms with Gasteiger partial charge in [0, 0.05) is 39.3 Å². The fraction of sp³-hybridized carbons (Fsp3) is 1.00. The van der Waals surface area contributed by atoms with Gasteiger partial charge in [-0.3, -0.25) is 0 Å². The minimum atomic E-state index is 0.717. The van der Waals surface area contributed by atoms with Crippen molar-refractivity contribution in [2.24, 2.45) is 16.7 Å². The Morgan fingerprint density at radius 3 is 2.23 bits per heavy atom. The van der Waals surface area contributed by atoms with E-state index in [1.807, 2.05) is 0 Å². The summed E-state index contributed by atoms with van der Waals surface area (Å²) in [6.45, 7) is 13.4. The van der Waals surface area contributed by atoms with E-state index in [0.29, 0.717) is 0 Å². The van der Waals surface area contributed by atoms with E-state index in [2.05, 4.69) is 28.7 Å². The molecule has 0 amide bonds. The molecule has 3 nitrogen and oxygen atoms in total. The summed E-state index contributed by atoms with van der Waals surface area (Å²) in [5.41, 5.74) is 1.48. The van der Waals surface area contributed by atoms with E-state index in [9.17, 15) is 0 Å². The molecule has 0 aromatic rings. The summed E-state index contributed by atoms with van der Waals surface area (Å²) in [6.07, 6.45) is 8.74. The average Bonchev–Trinajstić information content (AvgIpc) is 3.17. The smallest absolute Gasteiger partial charge is 0.00516 e. The molecule has 3 heterocycles. The molecule has 126 valence electrons. The lowest BCUT2D eigenvalue weighted by molar-refractivity contribution is -0.0654. The highest BCUT2D eigenvalue weighted by atomic mass is 15.3. The lowest BCUT2D eigenvalue weighted by Gasteiger charge is -2.56. The second-order valence-electron chi connectivity index (χ2n) is 9.28. The van der Waals surface area contributed by atoms with Gasteiger partial charge in [0.2, 0.25) is 0 Å². The molecule has 1 aliphatic carbocycles. The van der Waals surface area contributed by atoms with Crippen molar-refractivity contribution >= 4 is 0 Å². The second-order valence-corrected chi connectivity index (χ2v) is 9.28. The van der Waals surface area contributed by atoms with Crippen molar-refractivity contribution in [1.29, 1.82) is 0 Å². The molecule has 3 saturated heterocycles. The number of piperidine rings is 1. The largest absolute Gasteiger partial charge is 0.306 e. The standard InChI is InChI=1S/C19H35N3/c1-3-4-18(5-6-18)14-21-11-17(12-21)13-22-15-19(16-22)7-9-20(2)10-8-19/h17H,3-16H2,1-2H3. The van der Waals surface area contributed by atoms with Crippen molar-refractivity contribution in [1.82, 2.24) is 14.7 Å². The molecule has 4 rings (SSSR count). The first-order valence-electron chi connectivity index (χ1n) is 9.74. The summed E-state index contributed by atoms with van der Waals surface area (Å²) in [5.74, 6) is 0.973. The summed E-state index contributed by atoms with van der Waals surface area (Å²) in [4.78, 5) is 8.01. The molecule has 0 aromatic heterocycles. The lowest BCUT2D eigenvalue weighted by Crippen LogP contribution is -2.63. The van der Waals surface area contributed by atoms with E-state index < -0.39 is 0 Å². The molecule has 3 heteroatoms. The third-order valence-corrected chi connectivity index (χ3v) is 7.01. The molecule has 0 unspecified atom stereocenters. The molecule has 4 fully saturated rings. The molecular formula is C19H35N3. The summed E-state index contributed by atoms with van der Waals surface area (Å²) < 4.78 is 0. The van der Waals surface area contributed by atoms with E-state index in [0.717, 1.165) is 16.7 Å². The van der Waals surface area contributed by atoms with Crippen LogP contribution in [0.1, 0.15) is 45.4 Å². The highest BCUT2D eigenvalue weighted by Gasteiger charge is 2.47. The lowest BCUT2D eigenvalue weighted by atomic mass is 9.71. The molecule has 3 aliphatic heterocycles. The summed E-state index contributed by atoms with van der Waals surface area (Å²) >= 11 is 0. The van der Waals surface area contributed by atoms with Gasteiger partial charge in [0.15, 0.2) is 0 Å². The van der Waals surface area contributed by atoms with Gasteiger partial charge in [-0.05, 0) is 69.0 Å². The Morgan fingerprint density at radius 1 is 0.955 bits per heavy atom. The van der Waals surface area contributed by atoms with Gasteiger partial charge in [0.05, 0.1) is 0 Å². The van der Waals surface area contributed by atoms with E-state index >= 15 is 0 Å². The van der Waals surface area contributed by atoms with Crippen LogP contribution in [0.4, 0.5) is 0 Å². The first-order chi connectivity index (χ1) is 10.6. The molecule has 1 spiro atoms. The van der Waals surface area contributed by atoms with Crippen molar-refractivity contribution in [3.63, 3.8) is 0 Å². The Bertz CT molecular complexity index is 381. The molecule has 0 aromatic carbocycles. The Kier molecular flexibility index (Phi) is 4.03. The van der Waals surface area contributed by atoms with E-state index in [4.69, 9.17) is 0 Å². The SMILES string of the molecule is CCCC1(CN2CC(CN3CC4(CCN(C)CC4)C3)C2)CC1. The quantitative estimate of drug-likeness (QED) is 0.746. The number of rotatable bonds is 6. The Morgan fingerprint density at radius 2 is 1.64 bits per heavy atom. The van der Waals surface area contributed by atoms with Gasteiger partial charge in [-0.15, -0.1) is 0 Å². The molecular weight excluding hydrogens is 270 g/mol. The van der Waals surface area contributed by atoms with Crippen LogP contribution in [0.25, 0.3) is 0 Å². The molecule has 0 atom stereocenters. The zero-order valence-corrected chi connectivity index (χ0v) is 14.8. The fourth-order valence-electron chi connectivity index (χ4n) is 5.40. The van der Waals surface area contributed by atoms with Gasteiger partial charge in [0.1, 0.15) is 0 Å². The van der Waals surface area contributed by atoms with Gasteiger partial charge in [-0.1, -0.05) is 13.3 Å². The molecule has 0 N–H and O–H groups in total. The van der Waals surface area contributed by atoms with Gasteiger partial charge < -0.3 is 14.7 Å². The third-order valence-electron chi connectivity index (χ3n) is 7.01. The number of hydrogen-bond acceptors (Lipinski definition) is 3. The molecule has 4 aliphatic rings. The Balaban J connectivity index is 1.13. The minimum absolute atomic E-state index is 0.717. The van der Waals surface area contributed by atoms with Crippen LogP contribution in [0.3, 0.4) is 0 Å². The van der Waals surface area contributed by atoms with Gasteiger partial charge >= 0.3 is 0 Å². The fourth-order valence-corrected chi connectivity index (χ4v) is 5.40. The highest BCUT2D eigenvalue weighted by molar-refractivity contribution is 5.01. The Labute approximate surface area is 137 Å². The van der Waals surface area contributed by atoms with Gasteiger partial charge in [-0.2, -0.15) is 0 Å². The maximum atomic E-state index is 2.76. The normalized spacial score (nSPS) is 31.9. The highest BCUT2D eigenvalue weighted by Crippen LogP contribution is 2.51. The van der Waals surface area contributed by atoms with Crippen molar-refractivity contribution in [3.05, 3.63) is 0 Å². The van der Waals surface area contributed by atoms with E-state index in [1.165, 1.54) is 90.9 Å². The number of hydrogen-bond donors (Lipinski definition) is 0. The zero-order valence-electron chi connectivity index (χ0n) is 14.8. The van der Waals surface area contributed by atoms with Crippen LogP contribution < -0.4 is 0 Å². The topological polar surface area (TPSA) is 9.72 Å². The zero-order chi connectivity index (χ0) is 15.2.